The van der Waals surface area contributed by atoms with E-state index in [0.717, 1.165) is 83.5 Å². The van der Waals surface area contributed by atoms with E-state index in [4.69, 9.17) is 4.74 Å². The summed E-state index contributed by atoms with van der Waals surface area (Å²) in [4.78, 5) is 25.9. The largest absolute Gasteiger partial charge is 0.462 e. The molecule has 53 heavy (non-hydrogen) atoms. The molecule has 0 rings (SSSR count). The first-order valence-electron chi connectivity index (χ1n) is 22.4. The minimum Gasteiger partial charge on any atom is -0.462 e. The first-order valence-corrected chi connectivity index (χ1v) is 22.4. The van der Waals surface area contributed by atoms with Gasteiger partial charge in [-0.25, -0.2) is 0 Å². The zero-order valence-corrected chi connectivity index (χ0v) is 34.9. The average molecular weight is 744 g/mol. The summed E-state index contributed by atoms with van der Waals surface area (Å²) in [6.45, 7) is 6.28. The number of rotatable bonds is 39. The molecule has 0 spiro atoms. The molecule has 0 radical (unpaired) electrons. The Labute approximate surface area is 327 Å². The average Bonchev–Trinajstić information content (AvgIpc) is 3.15. The summed E-state index contributed by atoms with van der Waals surface area (Å²) in [6, 6.07) is -0.705. The van der Waals surface area contributed by atoms with Crippen LogP contribution in [-0.4, -0.2) is 46.9 Å². The summed E-state index contributed by atoms with van der Waals surface area (Å²) in [5.74, 6) is -0.507. The van der Waals surface area contributed by atoms with Crippen molar-refractivity contribution in [3.05, 3.63) is 48.6 Å². The molecule has 0 saturated carbocycles. The van der Waals surface area contributed by atoms with Gasteiger partial charge in [-0.3, -0.25) is 9.59 Å². The molecule has 3 N–H and O–H groups in total. The lowest BCUT2D eigenvalue weighted by atomic mass is 10.0. The van der Waals surface area contributed by atoms with Crippen molar-refractivity contribution in [2.45, 2.75) is 232 Å². The highest BCUT2D eigenvalue weighted by molar-refractivity contribution is 5.77. The molecule has 0 aliphatic rings. The number of carbonyl (C=O) groups is 2. The zero-order valence-electron chi connectivity index (χ0n) is 34.9. The Kier molecular flexibility index (Phi) is 39.3. The summed E-state index contributed by atoms with van der Waals surface area (Å²) < 4.78 is 5.88. The second kappa shape index (κ2) is 41.0. The van der Waals surface area contributed by atoms with Gasteiger partial charge in [0.1, 0.15) is 6.10 Å². The first kappa shape index (κ1) is 50.8. The Morgan fingerprint density at radius 1 is 0.566 bits per heavy atom. The number of aliphatic hydroxyl groups excluding tert-OH is 2. The van der Waals surface area contributed by atoms with Crippen molar-refractivity contribution in [1.82, 2.24) is 5.32 Å². The lowest BCUT2D eigenvalue weighted by molar-refractivity contribution is -0.151. The fourth-order valence-corrected chi connectivity index (χ4v) is 6.54. The molecule has 0 aromatic heterocycles. The zero-order chi connectivity index (χ0) is 38.9. The molecule has 3 unspecified atom stereocenters. The van der Waals surface area contributed by atoms with Gasteiger partial charge in [0.15, 0.2) is 0 Å². The van der Waals surface area contributed by atoms with E-state index in [1.165, 1.54) is 83.5 Å². The summed E-state index contributed by atoms with van der Waals surface area (Å²) in [6.07, 6.45) is 47.4. The number of ether oxygens (including phenoxy) is 1. The molecule has 308 valence electrons. The second-order valence-electron chi connectivity index (χ2n) is 15.1. The van der Waals surface area contributed by atoms with Gasteiger partial charge >= 0.3 is 5.97 Å². The van der Waals surface area contributed by atoms with E-state index in [1.807, 2.05) is 0 Å². The molecular formula is C47H85NO5. The van der Waals surface area contributed by atoms with E-state index >= 15 is 0 Å². The molecule has 6 nitrogen and oxygen atoms in total. The van der Waals surface area contributed by atoms with Crippen LogP contribution >= 0.6 is 0 Å². The molecular weight excluding hydrogens is 659 g/mol. The monoisotopic (exact) mass is 744 g/mol. The highest BCUT2D eigenvalue weighted by atomic mass is 16.5. The van der Waals surface area contributed by atoms with Crippen LogP contribution < -0.4 is 5.32 Å². The van der Waals surface area contributed by atoms with Gasteiger partial charge in [-0.2, -0.15) is 0 Å². The van der Waals surface area contributed by atoms with Gasteiger partial charge in [0.25, 0.3) is 0 Å². The highest BCUT2D eigenvalue weighted by Gasteiger charge is 2.24. The van der Waals surface area contributed by atoms with Gasteiger partial charge in [-0.1, -0.05) is 179 Å². The van der Waals surface area contributed by atoms with E-state index in [2.05, 4.69) is 74.7 Å². The van der Waals surface area contributed by atoms with Gasteiger partial charge < -0.3 is 20.3 Å². The van der Waals surface area contributed by atoms with Gasteiger partial charge in [0.05, 0.1) is 25.2 Å². The van der Waals surface area contributed by atoms with E-state index in [0.29, 0.717) is 19.3 Å². The Morgan fingerprint density at radius 2 is 1.04 bits per heavy atom. The van der Waals surface area contributed by atoms with Crippen molar-refractivity contribution in [3.63, 3.8) is 0 Å². The van der Waals surface area contributed by atoms with Crippen LogP contribution in [0, 0.1) is 0 Å². The Bertz CT molecular complexity index is 926. The van der Waals surface area contributed by atoms with Gasteiger partial charge in [-0.15, -0.1) is 0 Å². The molecule has 0 saturated heterocycles. The standard InChI is InChI=1S/C47H85NO5/c1-4-7-10-13-16-19-21-22-23-24-25-28-31-34-37-40-47(52)53-43(38-35-32-29-27-20-17-14-11-8-5-2)41-46(51)48-44(42-49)45(50)39-36-33-30-26-18-15-12-9-6-3/h7,10,13,16-17,19-21,43-45,49-50H,4-6,8-9,11-12,14-15,18,22-42H2,1-3H3,(H,48,51)/b10-7+,16-13+,20-17-,21-19+. The van der Waals surface area contributed by atoms with Crippen LogP contribution in [0.2, 0.25) is 0 Å². The van der Waals surface area contributed by atoms with E-state index in [-0.39, 0.29) is 24.9 Å². The third kappa shape index (κ3) is 36.6. The van der Waals surface area contributed by atoms with Crippen LogP contribution in [0.1, 0.15) is 213 Å². The highest BCUT2D eigenvalue weighted by Crippen LogP contribution is 2.17. The van der Waals surface area contributed by atoms with Crippen LogP contribution in [0.3, 0.4) is 0 Å². The van der Waals surface area contributed by atoms with Crippen LogP contribution in [0.5, 0.6) is 0 Å². The number of hydrogen-bond donors (Lipinski definition) is 3. The van der Waals surface area contributed by atoms with Crippen LogP contribution in [0.15, 0.2) is 48.6 Å². The molecule has 0 aromatic rings. The van der Waals surface area contributed by atoms with Crippen molar-refractivity contribution in [1.29, 1.82) is 0 Å². The van der Waals surface area contributed by atoms with Crippen LogP contribution in [0.4, 0.5) is 0 Å². The molecule has 0 fully saturated rings. The SMILES string of the molecule is CC/C=C/C=C/C=C/CCCCCCCCCC(=O)OC(CCCCC/C=C\CCCCC)CC(=O)NC(CO)C(O)CCCCCCCCCCC. The number of esters is 1. The van der Waals surface area contributed by atoms with E-state index in [1.54, 1.807) is 0 Å². The molecule has 0 aromatic carbocycles. The maximum absolute atomic E-state index is 13.1. The smallest absolute Gasteiger partial charge is 0.306 e. The van der Waals surface area contributed by atoms with Gasteiger partial charge in [0.2, 0.25) is 5.91 Å². The molecule has 3 atom stereocenters. The topological polar surface area (TPSA) is 95.9 Å². The van der Waals surface area contributed by atoms with Gasteiger partial charge in [0, 0.05) is 6.42 Å². The fraction of sp³-hybridized carbons (Fsp3) is 0.787. The summed E-state index contributed by atoms with van der Waals surface area (Å²) >= 11 is 0. The quantitative estimate of drug-likeness (QED) is 0.0252. The molecule has 0 bridgehead atoms. The molecule has 0 aliphatic heterocycles. The predicted octanol–water partition coefficient (Wildman–Crippen LogP) is 12.7. The molecule has 6 heteroatoms. The molecule has 1 amide bonds. The Balaban J connectivity index is 4.59. The molecule has 0 heterocycles. The summed E-state index contributed by atoms with van der Waals surface area (Å²) in [5, 5.41) is 23.5. The Morgan fingerprint density at radius 3 is 1.64 bits per heavy atom. The number of unbranched alkanes of at least 4 members (excludes halogenated alkanes) is 21. The lowest BCUT2D eigenvalue weighted by Gasteiger charge is -2.24. The first-order chi connectivity index (χ1) is 26.0. The minimum absolute atomic E-state index is 0.0612. The number of amides is 1. The normalized spacial score (nSPS) is 13.8. The number of aliphatic hydroxyl groups is 2. The Hall–Kier alpha value is -2.18. The number of nitrogens with one attached hydrogen (secondary N) is 1. The predicted molar refractivity (Wildman–Crippen MR) is 227 cm³/mol. The van der Waals surface area contributed by atoms with Crippen molar-refractivity contribution in [2.75, 3.05) is 6.61 Å². The third-order valence-corrected chi connectivity index (χ3v) is 9.95. The fourth-order valence-electron chi connectivity index (χ4n) is 6.54. The number of allylic oxidation sites excluding steroid dienone is 8. The maximum atomic E-state index is 13.1. The summed E-state index contributed by atoms with van der Waals surface area (Å²) in [5.41, 5.74) is 0. The second-order valence-corrected chi connectivity index (χ2v) is 15.1. The van der Waals surface area contributed by atoms with E-state index < -0.39 is 18.2 Å². The van der Waals surface area contributed by atoms with Crippen molar-refractivity contribution in [3.8, 4) is 0 Å². The number of carbonyl (C=O) groups excluding carboxylic acids is 2. The van der Waals surface area contributed by atoms with Gasteiger partial charge in [-0.05, 0) is 70.6 Å². The maximum Gasteiger partial charge on any atom is 0.306 e. The van der Waals surface area contributed by atoms with Crippen molar-refractivity contribution in [2.24, 2.45) is 0 Å². The summed E-state index contributed by atoms with van der Waals surface area (Å²) in [7, 11) is 0. The van der Waals surface area contributed by atoms with E-state index in [9.17, 15) is 19.8 Å². The number of hydrogen-bond acceptors (Lipinski definition) is 5. The van der Waals surface area contributed by atoms with Crippen LogP contribution in [-0.2, 0) is 14.3 Å². The van der Waals surface area contributed by atoms with Crippen LogP contribution in [0.25, 0.3) is 0 Å². The molecule has 0 aliphatic carbocycles. The minimum atomic E-state index is -0.790. The van der Waals surface area contributed by atoms with Crippen molar-refractivity contribution < 1.29 is 24.5 Å². The third-order valence-electron chi connectivity index (χ3n) is 9.95. The van der Waals surface area contributed by atoms with Crippen molar-refractivity contribution >= 4 is 11.9 Å². The lowest BCUT2D eigenvalue weighted by Crippen LogP contribution is -2.46.